The van der Waals surface area contributed by atoms with Gasteiger partial charge in [0.25, 0.3) is 0 Å². The maximum Gasteiger partial charge on any atom is 0.335 e. The molecule has 16 heavy (non-hydrogen) atoms. The number of hydrogen-bond acceptors (Lipinski definition) is 2. The van der Waals surface area contributed by atoms with Gasteiger partial charge in [-0.25, -0.2) is 9.18 Å². The minimum atomic E-state index is -0.944. The summed E-state index contributed by atoms with van der Waals surface area (Å²) in [5.41, 5.74) is 1.95. The van der Waals surface area contributed by atoms with Gasteiger partial charge in [-0.15, -0.1) is 0 Å². The fraction of sp³-hybridized carbons (Fsp3) is 0.417. The number of alkyl halides is 1. The van der Waals surface area contributed by atoms with Crippen LogP contribution in [0, 0.1) is 6.92 Å². The van der Waals surface area contributed by atoms with Crippen LogP contribution < -0.4 is 4.90 Å². The van der Waals surface area contributed by atoms with Gasteiger partial charge in [0.1, 0.15) is 6.17 Å². The van der Waals surface area contributed by atoms with Crippen molar-refractivity contribution < 1.29 is 14.3 Å². The minimum Gasteiger partial charge on any atom is -0.478 e. The molecule has 4 heteroatoms. The molecule has 0 amide bonds. The number of carboxylic acids is 1. The van der Waals surface area contributed by atoms with Gasteiger partial charge in [0, 0.05) is 18.8 Å². The lowest BCUT2D eigenvalue weighted by molar-refractivity contribution is 0.0697. The molecule has 1 heterocycles. The summed E-state index contributed by atoms with van der Waals surface area (Å²) in [5.74, 6) is -0.944. The molecule has 1 atom stereocenters. The molecule has 2 rings (SSSR count). The van der Waals surface area contributed by atoms with Crippen molar-refractivity contribution >= 4 is 11.7 Å². The molecule has 0 aromatic heterocycles. The highest BCUT2D eigenvalue weighted by Gasteiger charge is 2.22. The number of anilines is 1. The Balaban J connectivity index is 2.30. The van der Waals surface area contributed by atoms with Crippen LogP contribution in [0.5, 0.6) is 0 Å². The van der Waals surface area contributed by atoms with Gasteiger partial charge in [-0.05, 0) is 37.1 Å². The van der Waals surface area contributed by atoms with Gasteiger partial charge in [-0.2, -0.15) is 0 Å². The van der Waals surface area contributed by atoms with Crippen LogP contribution in [-0.4, -0.2) is 30.3 Å². The second-order valence-electron chi connectivity index (χ2n) is 4.19. The SMILES string of the molecule is Cc1cc(C(=O)O)cc(N2CC[C@H](F)C2)c1. The molecule has 0 unspecified atom stereocenters. The first-order chi connectivity index (χ1) is 7.56. The zero-order valence-corrected chi connectivity index (χ0v) is 9.11. The molecule has 3 nitrogen and oxygen atoms in total. The number of halogens is 1. The number of nitrogens with zero attached hydrogens (tertiary/aromatic N) is 1. The van der Waals surface area contributed by atoms with Gasteiger partial charge in [-0.1, -0.05) is 0 Å². The normalized spacial score (nSPS) is 20.1. The number of benzene rings is 1. The number of aryl methyl sites for hydroxylation is 1. The highest BCUT2D eigenvalue weighted by atomic mass is 19.1. The third-order valence-corrected chi connectivity index (χ3v) is 2.80. The molecule has 0 radical (unpaired) electrons. The quantitative estimate of drug-likeness (QED) is 0.835. The van der Waals surface area contributed by atoms with Crippen molar-refractivity contribution in [2.45, 2.75) is 19.5 Å². The molecular weight excluding hydrogens is 209 g/mol. The van der Waals surface area contributed by atoms with Crippen LogP contribution >= 0.6 is 0 Å². The van der Waals surface area contributed by atoms with Gasteiger partial charge >= 0.3 is 5.97 Å². The van der Waals surface area contributed by atoms with Crippen LogP contribution in [0.3, 0.4) is 0 Å². The third kappa shape index (κ3) is 2.15. The van der Waals surface area contributed by atoms with E-state index in [9.17, 15) is 9.18 Å². The van der Waals surface area contributed by atoms with Crippen molar-refractivity contribution in [3.8, 4) is 0 Å². The van der Waals surface area contributed by atoms with E-state index in [2.05, 4.69) is 0 Å². The monoisotopic (exact) mass is 223 g/mol. The van der Waals surface area contributed by atoms with E-state index in [4.69, 9.17) is 5.11 Å². The van der Waals surface area contributed by atoms with Crippen LogP contribution in [0.25, 0.3) is 0 Å². The number of carbonyl (C=O) groups is 1. The first kappa shape index (κ1) is 10.9. The second-order valence-corrected chi connectivity index (χ2v) is 4.19. The van der Waals surface area contributed by atoms with E-state index in [1.807, 2.05) is 17.9 Å². The Morgan fingerprint density at radius 1 is 1.50 bits per heavy atom. The Bertz CT molecular complexity index is 419. The Morgan fingerprint density at radius 2 is 2.25 bits per heavy atom. The third-order valence-electron chi connectivity index (χ3n) is 2.80. The van der Waals surface area contributed by atoms with E-state index in [1.165, 1.54) is 0 Å². The Morgan fingerprint density at radius 3 is 2.81 bits per heavy atom. The van der Waals surface area contributed by atoms with Crippen molar-refractivity contribution in [1.82, 2.24) is 0 Å². The highest BCUT2D eigenvalue weighted by Crippen LogP contribution is 2.24. The van der Waals surface area contributed by atoms with Crippen molar-refractivity contribution in [2.24, 2.45) is 0 Å². The zero-order chi connectivity index (χ0) is 11.7. The van der Waals surface area contributed by atoms with Crippen molar-refractivity contribution in [2.75, 3.05) is 18.0 Å². The topological polar surface area (TPSA) is 40.5 Å². The summed E-state index contributed by atoms with van der Waals surface area (Å²) in [5, 5.41) is 8.94. The van der Waals surface area contributed by atoms with E-state index in [0.29, 0.717) is 19.5 Å². The predicted octanol–water partition coefficient (Wildman–Crippen LogP) is 2.24. The summed E-state index contributed by atoms with van der Waals surface area (Å²) in [6.45, 7) is 2.87. The smallest absolute Gasteiger partial charge is 0.335 e. The van der Waals surface area contributed by atoms with Gasteiger partial charge in [0.15, 0.2) is 0 Å². The molecule has 1 N–H and O–H groups in total. The lowest BCUT2D eigenvalue weighted by Gasteiger charge is -2.18. The predicted molar refractivity (Wildman–Crippen MR) is 59.9 cm³/mol. The first-order valence-electron chi connectivity index (χ1n) is 5.30. The Kier molecular flexibility index (Phi) is 2.81. The van der Waals surface area contributed by atoms with Gasteiger partial charge in [0.05, 0.1) is 5.56 Å². The van der Waals surface area contributed by atoms with Crippen LogP contribution in [0.4, 0.5) is 10.1 Å². The van der Waals surface area contributed by atoms with Gasteiger partial charge in [-0.3, -0.25) is 0 Å². The summed E-state index contributed by atoms with van der Waals surface area (Å²) in [6, 6.07) is 5.12. The summed E-state index contributed by atoms with van der Waals surface area (Å²) in [7, 11) is 0. The summed E-state index contributed by atoms with van der Waals surface area (Å²) in [6.07, 6.45) is -0.273. The van der Waals surface area contributed by atoms with E-state index in [1.54, 1.807) is 12.1 Å². The average molecular weight is 223 g/mol. The zero-order valence-electron chi connectivity index (χ0n) is 9.11. The molecule has 1 saturated heterocycles. The van der Waals surface area contributed by atoms with Crippen LogP contribution in [-0.2, 0) is 0 Å². The fourth-order valence-electron chi connectivity index (χ4n) is 2.02. The summed E-state index contributed by atoms with van der Waals surface area (Å²) in [4.78, 5) is 12.8. The lowest BCUT2D eigenvalue weighted by Crippen LogP contribution is -2.20. The van der Waals surface area contributed by atoms with E-state index < -0.39 is 12.1 Å². The fourth-order valence-corrected chi connectivity index (χ4v) is 2.02. The summed E-state index contributed by atoms with van der Waals surface area (Å²) < 4.78 is 13.1. The molecule has 0 spiro atoms. The van der Waals surface area contributed by atoms with Crippen molar-refractivity contribution in [3.63, 3.8) is 0 Å². The molecule has 1 aliphatic rings. The largest absolute Gasteiger partial charge is 0.478 e. The van der Waals surface area contributed by atoms with Crippen LogP contribution in [0.2, 0.25) is 0 Å². The molecule has 0 aliphatic carbocycles. The van der Waals surface area contributed by atoms with E-state index in [-0.39, 0.29) is 5.56 Å². The molecule has 1 aliphatic heterocycles. The molecule has 1 fully saturated rings. The van der Waals surface area contributed by atoms with E-state index in [0.717, 1.165) is 11.3 Å². The molecule has 1 aromatic rings. The van der Waals surface area contributed by atoms with Crippen molar-refractivity contribution in [3.05, 3.63) is 29.3 Å². The maximum atomic E-state index is 13.1. The Labute approximate surface area is 93.5 Å². The van der Waals surface area contributed by atoms with Gasteiger partial charge in [0.2, 0.25) is 0 Å². The number of aromatic carboxylic acids is 1. The molecule has 1 aromatic carbocycles. The summed E-state index contributed by atoms with van der Waals surface area (Å²) >= 11 is 0. The van der Waals surface area contributed by atoms with Crippen LogP contribution in [0.15, 0.2) is 18.2 Å². The molecular formula is C12H14FNO2. The second kappa shape index (κ2) is 4.12. The number of carboxylic acid groups (broad SMARTS) is 1. The van der Waals surface area contributed by atoms with Crippen molar-refractivity contribution in [1.29, 1.82) is 0 Å². The van der Waals surface area contributed by atoms with Gasteiger partial charge < -0.3 is 10.0 Å². The number of hydrogen-bond donors (Lipinski definition) is 1. The first-order valence-corrected chi connectivity index (χ1v) is 5.30. The molecule has 0 saturated carbocycles. The average Bonchev–Trinajstić information content (AvgIpc) is 2.64. The maximum absolute atomic E-state index is 13.1. The van der Waals surface area contributed by atoms with Crippen LogP contribution in [0.1, 0.15) is 22.3 Å². The molecule has 86 valence electrons. The Hall–Kier alpha value is -1.58. The number of rotatable bonds is 2. The van der Waals surface area contributed by atoms with E-state index >= 15 is 0 Å². The minimum absolute atomic E-state index is 0.261. The highest BCUT2D eigenvalue weighted by molar-refractivity contribution is 5.89. The molecule has 0 bridgehead atoms. The lowest BCUT2D eigenvalue weighted by atomic mass is 10.1. The standard InChI is InChI=1S/C12H14FNO2/c1-8-4-9(12(15)16)6-11(5-8)14-3-2-10(13)7-14/h4-6,10H,2-3,7H2,1H3,(H,15,16)/t10-/m0/s1.